The normalized spacial score (nSPS) is 31.3. The Labute approximate surface area is 130 Å². The maximum Gasteiger partial charge on any atom is 0.228 e. The largest absolute Gasteiger partial charge is 0.325 e. The van der Waals surface area contributed by atoms with Crippen molar-refractivity contribution in [1.82, 2.24) is 5.32 Å². The first-order valence-corrected chi connectivity index (χ1v) is 8.33. The lowest BCUT2D eigenvalue weighted by atomic mass is 9.80. The number of rotatable bonds is 3. The number of hydrogen-bond donors (Lipinski definition) is 2. The molecule has 0 aromatic heterocycles. The molecular formula is C17H21ClN2O. The van der Waals surface area contributed by atoms with Crippen LogP contribution in [0.5, 0.6) is 0 Å². The zero-order valence-electron chi connectivity index (χ0n) is 12.3. The molecule has 4 unspecified atom stereocenters. The van der Waals surface area contributed by atoms with Gasteiger partial charge in [0, 0.05) is 16.8 Å². The molecule has 2 bridgehead atoms. The van der Waals surface area contributed by atoms with Gasteiger partial charge in [-0.15, -0.1) is 0 Å². The Bertz CT molecular complexity index is 601. The Morgan fingerprint density at radius 1 is 1.33 bits per heavy atom. The highest BCUT2D eigenvalue weighted by molar-refractivity contribution is 6.32. The summed E-state index contributed by atoms with van der Waals surface area (Å²) in [5.41, 5.74) is 3.14. The maximum absolute atomic E-state index is 11.6. The van der Waals surface area contributed by atoms with Crippen LogP contribution in [0.3, 0.4) is 0 Å². The van der Waals surface area contributed by atoms with E-state index in [1.807, 2.05) is 13.1 Å². The van der Waals surface area contributed by atoms with Gasteiger partial charge in [0.2, 0.25) is 5.91 Å². The van der Waals surface area contributed by atoms with Crippen LogP contribution in [-0.2, 0) is 11.2 Å². The number of fused-ring (bicyclic) bond motifs is 3. The number of anilines is 1. The number of carbonyl (C=O) groups excluding carboxylic acids is 1. The van der Waals surface area contributed by atoms with Crippen LogP contribution in [0.4, 0.5) is 5.69 Å². The van der Waals surface area contributed by atoms with Crippen LogP contribution in [0.15, 0.2) is 12.1 Å². The van der Waals surface area contributed by atoms with Crippen molar-refractivity contribution in [2.24, 2.45) is 17.8 Å². The standard InChI is InChI=1S/C17H21ClN2O/c1-19-17(12-5-9-2-3-10(12)4-9)13-6-11-7-16(21)20-15(11)8-14(13)18/h6,8-10,12,17,19H,2-5,7H2,1H3,(H,20,21). The third kappa shape index (κ3) is 2.18. The van der Waals surface area contributed by atoms with E-state index in [4.69, 9.17) is 11.6 Å². The van der Waals surface area contributed by atoms with E-state index in [2.05, 4.69) is 16.7 Å². The average Bonchev–Trinajstić information content (AvgIpc) is 3.14. The predicted octanol–water partition coefficient (Wildman–Crippen LogP) is 3.53. The molecule has 2 N–H and O–H groups in total. The van der Waals surface area contributed by atoms with E-state index in [1.54, 1.807) is 0 Å². The molecule has 112 valence electrons. The molecule has 0 spiro atoms. The molecule has 1 amide bonds. The fraction of sp³-hybridized carbons (Fsp3) is 0.588. The lowest BCUT2D eigenvalue weighted by Gasteiger charge is -2.31. The fourth-order valence-electron chi connectivity index (χ4n) is 4.81. The molecule has 3 nitrogen and oxygen atoms in total. The van der Waals surface area contributed by atoms with Crippen molar-refractivity contribution >= 4 is 23.2 Å². The molecule has 4 rings (SSSR count). The fourth-order valence-corrected chi connectivity index (χ4v) is 5.09. The lowest BCUT2D eigenvalue weighted by Crippen LogP contribution is -2.29. The Morgan fingerprint density at radius 2 is 2.19 bits per heavy atom. The molecule has 2 saturated carbocycles. The van der Waals surface area contributed by atoms with Crippen LogP contribution in [-0.4, -0.2) is 13.0 Å². The summed E-state index contributed by atoms with van der Waals surface area (Å²) in [5.74, 6) is 2.53. The van der Waals surface area contributed by atoms with E-state index in [-0.39, 0.29) is 5.91 Å². The highest BCUT2D eigenvalue weighted by Gasteiger charge is 2.43. The molecule has 21 heavy (non-hydrogen) atoms. The lowest BCUT2D eigenvalue weighted by molar-refractivity contribution is -0.115. The van der Waals surface area contributed by atoms with Gasteiger partial charge in [0.1, 0.15) is 0 Å². The molecule has 1 heterocycles. The van der Waals surface area contributed by atoms with Gasteiger partial charge in [-0.05, 0) is 61.3 Å². The molecule has 4 atom stereocenters. The summed E-state index contributed by atoms with van der Waals surface area (Å²) >= 11 is 6.52. The van der Waals surface area contributed by atoms with Crippen LogP contribution in [0.1, 0.15) is 42.9 Å². The second-order valence-corrected chi connectivity index (χ2v) is 7.27. The summed E-state index contributed by atoms with van der Waals surface area (Å²) in [6, 6.07) is 4.38. The van der Waals surface area contributed by atoms with Crippen LogP contribution in [0.25, 0.3) is 0 Å². The van der Waals surface area contributed by atoms with Gasteiger partial charge >= 0.3 is 0 Å². The summed E-state index contributed by atoms with van der Waals surface area (Å²) < 4.78 is 0. The quantitative estimate of drug-likeness (QED) is 0.897. The van der Waals surface area contributed by atoms with Crippen molar-refractivity contribution in [2.45, 2.75) is 38.1 Å². The van der Waals surface area contributed by atoms with Crippen LogP contribution < -0.4 is 10.6 Å². The number of amides is 1. The summed E-state index contributed by atoms with van der Waals surface area (Å²) in [5, 5.41) is 7.15. The van der Waals surface area contributed by atoms with Gasteiger partial charge in [-0.25, -0.2) is 0 Å². The summed E-state index contributed by atoms with van der Waals surface area (Å²) in [6.07, 6.45) is 5.98. The van der Waals surface area contributed by atoms with Crippen molar-refractivity contribution < 1.29 is 4.79 Å². The molecule has 1 aromatic rings. The first kappa shape index (κ1) is 13.6. The van der Waals surface area contributed by atoms with Gasteiger partial charge in [-0.2, -0.15) is 0 Å². The van der Waals surface area contributed by atoms with Crippen molar-refractivity contribution in [3.63, 3.8) is 0 Å². The number of carbonyl (C=O) groups is 1. The minimum Gasteiger partial charge on any atom is -0.325 e. The number of halogens is 1. The molecular weight excluding hydrogens is 284 g/mol. The molecule has 2 aliphatic carbocycles. The van der Waals surface area contributed by atoms with Gasteiger partial charge in [-0.1, -0.05) is 24.1 Å². The highest BCUT2D eigenvalue weighted by Crippen LogP contribution is 2.53. The summed E-state index contributed by atoms with van der Waals surface area (Å²) in [4.78, 5) is 11.6. The second-order valence-electron chi connectivity index (χ2n) is 6.86. The van der Waals surface area contributed by atoms with Crippen molar-refractivity contribution in [1.29, 1.82) is 0 Å². The van der Waals surface area contributed by atoms with Crippen LogP contribution in [0.2, 0.25) is 5.02 Å². The minimum absolute atomic E-state index is 0.0687. The Balaban J connectivity index is 1.68. The number of benzene rings is 1. The molecule has 3 aliphatic rings. The minimum atomic E-state index is 0.0687. The van der Waals surface area contributed by atoms with Crippen LogP contribution >= 0.6 is 11.6 Å². The third-order valence-corrected chi connectivity index (χ3v) is 6.04. The average molecular weight is 305 g/mol. The molecule has 2 fully saturated rings. The Kier molecular flexibility index (Phi) is 3.23. The van der Waals surface area contributed by atoms with E-state index in [0.717, 1.165) is 28.1 Å². The van der Waals surface area contributed by atoms with E-state index >= 15 is 0 Å². The van der Waals surface area contributed by atoms with Gasteiger partial charge in [-0.3, -0.25) is 4.79 Å². The van der Waals surface area contributed by atoms with E-state index in [1.165, 1.54) is 31.2 Å². The highest BCUT2D eigenvalue weighted by atomic mass is 35.5. The Hall–Kier alpha value is -1.06. The molecule has 0 radical (unpaired) electrons. The number of nitrogens with one attached hydrogen (secondary N) is 2. The molecule has 4 heteroatoms. The van der Waals surface area contributed by atoms with Gasteiger partial charge in [0.25, 0.3) is 0 Å². The molecule has 0 saturated heterocycles. The second kappa shape index (κ2) is 4.99. The van der Waals surface area contributed by atoms with Crippen LogP contribution in [0, 0.1) is 17.8 Å². The van der Waals surface area contributed by atoms with Gasteiger partial charge < -0.3 is 10.6 Å². The summed E-state index contributed by atoms with van der Waals surface area (Å²) in [7, 11) is 2.03. The van der Waals surface area contributed by atoms with Crippen molar-refractivity contribution in [3.05, 3.63) is 28.3 Å². The summed E-state index contributed by atoms with van der Waals surface area (Å²) in [6.45, 7) is 0. The Morgan fingerprint density at radius 3 is 2.86 bits per heavy atom. The molecule has 1 aliphatic heterocycles. The maximum atomic E-state index is 11.6. The monoisotopic (exact) mass is 304 g/mol. The van der Waals surface area contributed by atoms with Crippen molar-refractivity contribution in [2.75, 3.05) is 12.4 Å². The topological polar surface area (TPSA) is 41.1 Å². The zero-order chi connectivity index (χ0) is 14.6. The molecule has 1 aromatic carbocycles. The number of hydrogen-bond acceptors (Lipinski definition) is 2. The van der Waals surface area contributed by atoms with E-state index in [0.29, 0.717) is 18.4 Å². The zero-order valence-corrected chi connectivity index (χ0v) is 13.0. The van der Waals surface area contributed by atoms with Gasteiger partial charge in [0.05, 0.1) is 6.42 Å². The predicted molar refractivity (Wildman–Crippen MR) is 84.5 cm³/mol. The first-order valence-electron chi connectivity index (χ1n) is 7.95. The third-order valence-electron chi connectivity index (χ3n) is 5.71. The van der Waals surface area contributed by atoms with Crippen molar-refractivity contribution in [3.8, 4) is 0 Å². The first-order chi connectivity index (χ1) is 10.2. The SMILES string of the molecule is CNC(c1cc2c(cc1Cl)NC(=O)C2)C1CC2CCC1C2. The van der Waals surface area contributed by atoms with Gasteiger partial charge in [0.15, 0.2) is 0 Å². The smallest absolute Gasteiger partial charge is 0.228 e. The van der Waals surface area contributed by atoms with E-state index < -0.39 is 0 Å². The van der Waals surface area contributed by atoms with E-state index in [9.17, 15) is 4.79 Å².